The smallest absolute Gasteiger partial charge is 0.226 e. The summed E-state index contributed by atoms with van der Waals surface area (Å²) in [5, 5.41) is 11.8. The van der Waals surface area contributed by atoms with Gasteiger partial charge in [-0.15, -0.1) is 0 Å². The zero-order valence-corrected chi connectivity index (χ0v) is 11.9. The number of hydrogen-bond acceptors (Lipinski definition) is 5. The fraction of sp³-hybridized carbons (Fsp3) is 0.571. The van der Waals surface area contributed by atoms with Crippen LogP contribution >= 0.6 is 0 Å². The number of hydrogen-bond donors (Lipinski definition) is 1. The molecule has 0 unspecified atom stereocenters. The SMILES string of the molecule is CC(=O)NCC1CCN(c2nc(C)cc(C#N)n2)CC1. The van der Waals surface area contributed by atoms with E-state index in [2.05, 4.69) is 26.3 Å². The number of aromatic nitrogens is 2. The lowest BCUT2D eigenvalue weighted by Gasteiger charge is -2.32. The predicted octanol–water partition coefficient (Wildman–Crippen LogP) is 1.01. The van der Waals surface area contributed by atoms with Crippen LogP contribution in [0.2, 0.25) is 0 Å². The molecule has 6 nitrogen and oxygen atoms in total. The van der Waals surface area contributed by atoms with Gasteiger partial charge in [-0.2, -0.15) is 5.26 Å². The van der Waals surface area contributed by atoms with Gasteiger partial charge in [-0.25, -0.2) is 9.97 Å². The summed E-state index contributed by atoms with van der Waals surface area (Å²) in [5.41, 5.74) is 1.22. The fourth-order valence-electron chi connectivity index (χ4n) is 2.38. The first-order valence-electron chi connectivity index (χ1n) is 6.83. The summed E-state index contributed by atoms with van der Waals surface area (Å²) in [7, 11) is 0. The van der Waals surface area contributed by atoms with E-state index in [0.717, 1.165) is 38.2 Å². The van der Waals surface area contributed by atoms with Crippen LogP contribution in [0.15, 0.2) is 6.07 Å². The summed E-state index contributed by atoms with van der Waals surface area (Å²) in [6, 6.07) is 3.75. The molecule has 20 heavy (non-hydrogen) atoms. The van der Waals surface area contributed by atoms with Crippen LogP contribution in [0, 0.1) is 24.2 Å². The molecule has 0 bridgehead atoms. The molecule has 2 rings (SSSR count). The van der Waals surface area contributed by atoms with E-state index in [-0.39, 0.29) is 5.91 Å². The van der Waals surface area contributed by atoms with Crippen LogP contribution < -0.4 is 10.2 Å². The fourth-order valence-corrected chi connectivity index (χ4v) is 2.38. The highest BCUT2D eigenvalue weighted by molar-refractivity contribution is 5.72. The first-order valence-corrected chi connectivity index (χ1v) is 6.83. The topological polar surface area (TPSA) is 81.9 Å². The molecule has 1 saturated heterocycles. The lowest BCUT2D eigenvalue weighted by molar-refractivity contribution is -0.119. The van der Waals surface area contributed by atoms with Gasteiger partial charge < -0.3 is 10.2 Å². The van der Waals surface area contributed by atoms with Crippen LogP contribution in [0.1, 0.15) is 31.2 Å². The molecule has 1 amide bonds. The molecule has 106 valence electrons. The second kappa shape index (κ2) is 6.33. The number of rotatable bonds is 3. The van der Waals surface area contributed by atoms with Gasteiger partial charge in [-0.3, -0.25) is 4.79 Å². The Balaban J connectivity index is 1.95. The number of aryl methyl sites for hydroxylation is 1. The van der Waals surface area contributed by atoms with E-state index in [0.29, 0.717) is 17.6 Å². The molecule has 0 aliphatic carbocycles. The number of carbonyl (C=O) groups excluding carboxylic acids is 1. The Labute approximate surface area is 118 Å². The zero-order chi connectivity index (χ0) is 14.5. The van der Waals surface area contributed by atoms with Crippen molar-refractivity contribution in [2.75, 3.05) is 24.5 Å². The third kappa shape index (κ3) is 3.67. The summed E-state index contributed by atoms with van der Waals surface area (Å²) in [6.45, 7) is 5.87. The standard InChI is InChI=1S/C14H19N5O/c1-10-7-13(8-15)18-14(17-10)19-5-3-12(4-6-19)9-16-11(2)20/h7,12H,3-6,9H2,1-2H3,(H,16,20). The van der Waals surface area contributed by atoms with Crippen molar-refractivity contribution in [2.45, 2.75) is 26.7 Å². The second-order valence-corrected chi connectivity index (χ2v) is 5.17. The Morgan fingerprint density at radius 1 is 1.50 bits per heavy atom. The zero-order valence-electron chi connectivity index (χ0n) is 11.9. The van der Waals surface area contributed by atoms with E-state index in [1.807, 2.05) is 6.92 Å². The molecule has 0 aromatic carbocycles. The van der Waals surface area contributed by atoms with Gasteiger partial charge in [0.2, 0.25) is 11.9 Å². The van der Waals surface area contributed by atoms with Crippen LogP contribution in [-0.2, 0) is 4.79 Å². The average Bonchev–Trinajstić information content (AvgIpc) is 2.45. The number of anilines is 1. The van der Waals surface area contributed by atoms with Crippen molar-refractivity contribution in [1.29, 1.82) is 5.26 Å². The predicted molar refractivity (Wildman–Crippen MR) is 75.1 cm³/mol. The van der Waals surface area contributed by atoms with Gasteiger partial charge in [0, 0.05) is 32.3 Å². The number of nitrogens with zero attached hydrogens (tertiary/aromatic N) is 4. The van der Waals surface area contributed by atoms with E-state index in [1.165, 1.54) is 0 Å². The Kier molecular flexibility index (Phi) is 4.51. The van der Waals surface area contributed by atoms with Crippen molar-refractivity contribution in [3.63, 3.8) is 0 Å². The molecule has 1 aromatic rings. The quantitative estimate of drug-likeness (QED) is 0.888. The highest BCUT2D eigenvalue weighted by Crippen LogP contribution is 2.20. The minimum atomic E-state index is 0.0214. The minimum Gasteiger partial charge on any atom is -0.356 e. The molecular formula is C14H19N5O. The highest BCUT2D eigenvalue weighted by atomic mass is 16.1. The molecule has 0 spiro atoms. The normalized spacial score (nSPS) is 15.8. The maximum absolute atomic E-state index is 10.9. The first-order chi connectivity index (χ1) is 9.58. The van der Waals surface area contributed by atoms with Gasteiger partial charge in [0.1, 0.15) is 11.8 Å². The van der Waals surface area contributed by atoms with E-state index in [9.17, 15) is 4.79 Å². The van der Waals surface area contributed by atoms with Gasteiger partial charge in [-0.05, 0) is 31.7 Å². The molecule has 1 fully saturated rings. The van der Waals surface area contributed by atoms with Gasteiger partial charge in [-0.1, -0.05) is 0 Å². The molecule has 0 atom stereocenters. The van der Waals surface area contributed by atoms with Crippen LogP contribution in [-0.4, -0.2) is 35.5 Å². The van der Waals surface area contributed by atoms with Crippen molar-refractivity contribution in [2.24, 2.45) is 5.92 Å². The van der Waals surface area contributed by atoms with E-state index in [1.54, 1.807) is 13.0 Å². The Hall–Kier alpha value is -2.16. The Bertz CT molecular complexity index is 529. The maximum Gasteiger partial charge on any atom is 0.226 e. The van der Waals surface area contributed by atoms with Crippen LogP contribution in [0.5, 0.6) is 0 Å². The first kappa shape index (κ1) is 14.3. The number of carbonyl (C=O) groups is 1. The number of piperidine rings is 1. The average molecular weight is 273 g/mol. The Morgan fingerprint density at radius 2 is 2.20 bits per heavy atom. The lowest BCUT2D eigenvalue weighted by atomic mass is 9.97. The van der Waals surface area contributed by atoms with E-state index in [4.69, 9.17) is 5.26 Å². The van der Waals surface area contributed by atoms with Crippen molar-refractivity contribution in [1.82, 2.24) is 15.3 Å². The lowest BCUT2D eigenvalue weighted by Crippen LogP contribution is -2.39. The van der Waals surface area contributed by atoms with Crippen LogP contribution in [0.4, 0.5) is 5.95 Å². The maximum atomic E-state index is 10.9. The molecule has 1 aliphatic heterocycles. The van der Waals surface area contributed by atoms with Gasteiger partial charge in [0.05, 0.1) is 0 Å². The minimum absolute atomic E-state index is 0.0214. The number of amides is 1. The highest BCUT2D eigenvalue weighted by Gasteiger charge is 2.21. The molecule has 1 aliphatic rings. The third-order valence-corrected chi connectivity index (χ3v) is 3.49. The Morgan fingerprint density at radius 3 is 2.80 bits per heavy atom. The molecule has 0 saturated carbocycles. The molecule has 1 N–H and O–H groups in total. The van der Waals surface area contributed by atoms with Crippen LogP contribution in [0.25, 0.3) is 0 Å². The van der Waals surface area contributed by atoms with E-state index >= 15 is 0 Å². The summed E-state index contributed by atoms with van der Waals surface area (Å²) in [5.74, 6) is 1.17. The van der Waals surface area contributed by atoms with Crippen LogP contribution in [0.3, 0.4) is 0 Å². The third-order valence-electron chi connectivity index (χ3n) is 3.49. The number of nitrogens with one attached hydrogen (secondary N) is 1. The van der Waals surface area contributed by atoms with E-state index < -0.39 is 0 Å². The monoisotopic (exact) mass is 273 g/mol. The summed E-state index contributed by atoms with van der Waals surface area (Å²) in [4.78, 5) is 21.7. The van der Waals surface area contributed by atoms with Crippen molar-refractivity contribution < 1.29 is 4.79 Å². The van der Waals surface area contributed by atoms with Gasteiger partial charge >= 0.3 is 0 Å². The summed E-state index contributed by atoms with van der Waals surface area (Å²) >= 11 is 0. The second-order valence-electron chi connectivity index (χ2n) is 5.17. The summed E-state index contributed by atoms with van der Waals surface area (Å²) < 4.78 is 0. The van der Waals surface area contributed by atoms with Gasteiger partial charge in [0.15, 0.2) is 0 Å². The van der Waals surface area contributed by atoms with Crippen molar-refractivity contribution in [3.05, 3.63) is 17.5 Å². The van der Waals surface area contributed by atoms with Gasteiger partial charge in [0.25, 0.3) is 0 Å². The molecule has 6 heteroatoms. The molecule has 2 heterocycles. The van der Waals surface area contributed by atoms with Crippen molar-refractivity contribution in [3.8, 4) is 6.07 Å². The molecule has 1 aromatic heterocycles. The number of nitriles is 1. The molecule has 0 radical (unpaired) electrons. The van der Waals surface area contributed by atoms with Crippen molar-refractivity contribution >= 4 is 11.9 Å². The summed E-state index contributed by atoms with van der Waals surface area (Å²) in [6.07, 6.45) is 2.00. The largest absolute Gasteiger partial charge is 0.356 e. The molecular weight excluding hydrogens is 254 g/mol.